The first kappa shape index (κ1) is 11.2. The van der Waals surface area contributed by atoms with Crippen molar-refractivity contribution in [1.29, 1.82) is 0 Å². The molecule has 3 rings (SSSR count). The molecule has 0 bridgehead atoms. The SMILES string of the molecule is CN1CCCCC1c1cn2c(n1)CCCC2O. The number of rotatable bonds is 1. The molecule has 2 unspecified atom stereocenters. The van der Waals surface area contributed by atoms with Gasteiger partial charge in [0.2, 0.25) is 0 Å². The van der Waals surface area contributed by atoms with Crippen molar-refractivity contribution >= 4 is 0 Å². The Morgan fingerprint density at radius 1 is 1.29 bits per heavy atom. The molecule has 0 aliphatic carbocycles. The van der Waals surface area contributed by atoms with Gasteiger partial charge in [-0.3, -0.25) is 4.90 Å². The fraction of sp³-hybridized carbons (Fsp3) is 0.769. The first-order chi connectivity index (χ1) is 8.25. The molecule has 1 saturated heterocycles. The maximum Gasteiger partial charge on any atom is 0.131 e. The Bertz CT molecular complexity index is 401. The van der Waals surface area contributed by atoms with E-state index in [1.807, 2.05) is 4.57 Å². The molecule has 2 aliphatic rings. The predicted octanol–water partition coefficient (Wildman–Crippen LogP) is 1.87. The first-order valence-corrected chi connectivity index (χ1v) is 6.71. The number of nitrogens with zero attached hydrogens (tertiary/aromatic N) is 3. The molecular weight excluding hydrogens is 214 g/mol. The summed E-state index contributed by atoms with van der Waals surface area (Å²) in [6, 6.07) is 0.453. The average molecular weight is 235 g/mol. The number of aromatic nitrogens is 2. The molecule has 0 aromatic carbocycles. The summed E-state index contributed by atoms with van der Waals surface area (Å²) in [6.07, 6.45) is 8.43. The Balaban J connectivity index is 1.88. The first-order valence-electron chi connectivity index (χ1n) is 6.71. The number of hydrogen-bond donors (Lipinski definition) is 1. The molecule has 2 atom stereocenters. The van der Waals surface area contributed by atoms with Crippen molar-refractivity contribution < 1.29 is 5.11 Å². The minimum atomic E-state index is -0.353. The fourth-order valence-corrected chi connectivity index (χ4v) is 3.09. The number of piperidine rings is 1. The van der Waals surface area contributed by atoms with Gasteiger partial charge in [-0.2, -0.15) is 0 Å². The van der Waals surface area contributed by atoms with Crippen molar-refractivity contribution in [3.05, 3.63) is 17.7 Å². The number of aliphatic hydroxyl groups excluding tert-OH is 1. The van der Waals surface area contributed by atoms with Crippen molar-refractivity contribution in [3.8, 4) is 0 Å². The number of aryl methyl sites for hydroxylation is 1. The van der Waals surface area contributed by atoms with E-state index >= 15 is 0 Å². The molecule has 94 valence electrons. The molecule has 0 saturated carbocycles. The summed E-state index contributed by atoms with van der Waals surface area (Å²) in [5.41, 5.74) is 1.16. The Kier molecular flexibility index (Phi) is 2.92. The number of imidazole rings is 1. The second-order valence-corrected chi connectivity index (χ2v) is 5.35. The van der Waals surface area contributed by atoms with Crippen LogP contribution in [-0.2, 0) is 6.42 Å². The van der Waals surface area contributed by atoms with Crippen molar-refractivity contribution in [2.45, 2.75) is 50.8 Å². The zero-order chi connectivity index (χ0) is 11.8. The summed E-state index contributed by atoms with van der Waals surface area (Å²) >= 11 is 0. The highest BCUT2D eigenvalue weighted by Crippen LogP contribution is 2.31. The maximum absolute atomic E-state index is 9.95. The third kappa shape index (κ3) is 2.00. The summed E-state index contributed by atoms with van der Waals surface area (Å²) in [4.78, 5) is 7.13. The lowest BCUT2D eigenvalue weighted by Crippen LogP contribution is -2.29. The summed E-state index contributed by atoms with van der Waals surface area (Å²) in [5, 5.41) is 9.95. The van der Waals surface area contributed by atoms with E-state index < -0.39 is 0 Å². The average Bonchev–Trinajstić information content (AvgIpc) is 2.75. The Morgan fingerprint density at radius 3 is 2.94 bits per heavy atom. The van der Waals surface area contributed by atoms with Crippen LogP contribution in [-0.4, -0.2) is 33.1 Å². The zero-order valence-electron chi connectivity index (χ0n) is 10.5. The molecule has 3 heterocycles. The normalized spacial score (nSPS) is 30.2. The quantitative estimate of drug-likeness (QED) is 0.808. The van der Waals surface area contributed by atoms with Gasteiger partial charge in [0.25, 0.3) is 0 Å². The van der Waals surface area contributed by atoms with Crippen LogP contribution in [0.5, 0.6) is 0 Å². The summed E-state index contributed by atoms with van der Waals surface area (Å²) in [5.74, 6) is 1.07. The van der Waals surface area contributed by atoms with E-state index in [0.717, 1.165) is 37.3 Å². The van der Waals surface area contributed by atoms with Gasteiger partial charge < -0.3 is 9.67 Å². The van der Waals surface area contributed by atoms with Gasteiger partial charge in [-0.25, -0.2) is 4.98 Å². The van der Waals surface area contributed by atoms with E-state index in [-0.39, 0.29) is 6.23 Å². The molecule has 0 spiro atoms. The molecule has 1 fully saturated rings. The molecule has 2 aliphatic heterocycles. The van der Waals surface area contributed by atoms with Gasteiger partial charge in [-0.05, 0) is 39.3 Å². The lowest BCUT2D eigenvalue weighted by molar-refractivity contribution is 0.0779. The van der Waals surface area contributed by atoms with Crippen LogP contribution in [0, 0.1) is 0 Å². The largest absolute Gasteiger partial charge is 0.373 e. The van der Waals surface area contributed by atoms with E-state index in [4.69, 9.17) is 4.98 Å². The maximum atomic E-state index is 9.95. The van der Waals surface area contributed by atoms with Gasteiger partial charge in [0, 0.05) is 12.6 Å². The van der Waals surface area contributed by atoms with Crippen molar-refractivity contribution in [2.75, 3.05) is 13.6 Å². The molecule has 1 aromatic rings. The van der Waals surface area contributed by atoms with Crippen LogP contribution in [0.25, 0.3) is 0 Å². The van der Waals surface area contributed by atoms with Gasteiger partial charge in [-0.15, -0.1) is 0 Å². The van der Waals surface area contributed by atoms with E-state index in [1.165, 1.54) is 19.3 Å². The molecule has 0 amide bonds. The van der Waals surface area contributed by atoms with Gasteiger partial charge in [0.05, 0.1) is 11.7 Å². The Labute approximate surface area is 102 Å². The van der Waals surface area contributed by atoms with Gasteiger partial charge in [-0.1, -0.05) is 6.42 Å². The highest BCUT2D eigenvalue weighted by Gasteiger charge is 2.26. The monoisotopic (exact) mass is 235 g/mol. The third-order valence-corrected chi connectivity index (χ3v) is 4.12. The van der Waals surface area contributed by atoms with Crippen LogP contribution >= 0.6 is 0 Å². The molecule has 17 heavy (non-hydrogen) atoms. The second-order valence-electron chi connectivity index (χ2n) is 5.35. The topological polar surface area (TPSA) is 41.3 Å². The van der Waals surface area contributed by atoms with Gasteiger partial charge in [0.15, 0.2) is 0 Å². The highest BCUT2D eigenvalue weighted by molar-refractivity contribution is 5.12. The van der Waals surface area contributed by atoms with E-state index in [2.05, 4.69) is 18.1 Å². The molecule has 4 heteroatoms. The van der Waals surface area contributed by atoms with E-state index in [0.29, 0.717) is 6.04 Å². The van der Waals surface area contributed by atoms with Gasteiger partial charge >= 0.3 is 0 Å². The van der Waals surface area contributed by atoms with Crippen molar-refractivity contribution in [2.24, 2.45) is 0 Å². The standard InChI is InChI=1S/C13H21N3O/c1-15-8-3-2-5-11(15)10-9-16-12(14-10)6-4-7-13(16)17/h9,11,13,17H,2-8H2,1H3. The third-order valence-electron chi connectivity index (χ3n) is 4.12. The van der Waals surface area contributed by atoms with Crippen LogP contribution in [0.4, 0.5) is 0 Å². The van der Waals surface area contributed by atoms with Crippen molar-refractivity contribution in [3.63, 3.8) is 0 Å². The van der Waals surface area contributed by atoms with Crippen LogP contribution in [0.2, 0.25) is 0 Å². The van der Waals surface area contributed by atoms with Crippen LogP contribution < -0.4 is 0 Å². The minimum Gasteiger partial charge on any atom is -0.373 e. The van der Waals surface area contributed by atoms with E-state index in [1.54, 1.807) is 0 Å². The molecule has 0 radical (unpaired) electrons. The smallest absolute Gasteiger partial charge is 0.131 e. The molecule has 4 nitrogen and oxygen atoms in total. The highest BCUT2D eigenvalue weighted by atomic mass is 16.3. The molecule has 1 aromatic heterocycles. The van der Waals surface area contributed by atoms with E-state index in [9.17, 15) is 5.11 Å². The van der Waals surface area contributed by atoms with Gasteiger partial charge in [0.1, 0.15) is 12.1 Å². The molecule has 1 N–H and O–H groups in total. The summed E-state index contributed by atoms with van der Waals surface area (Å²) in [7, 11) is 2.18. The van der Waals surface area contributed by atoms with Crippen LogP contribution in [0.3, 0.4) is 0 Å². The van der Waals surface area contributed by atoms with Crippen LogP contribution in [0.1, 0.15) is 55.9 Å². The minimum absolute atomic E-state index is 0.353. The summed E-state index contributed by atoms with van der Waals surface area (Å²) < 4.78 is 1.97. The molecular formula is C13H21N3O. The predicted molar refractivity (Wildman–Crippen MR) is 65.6 cm³/mol. The lowest BCUT2D eigenvalue weighted by Gasteiger charge is -2.31. The lowest BCUT2D eigenvalue weighted by atomic mass is 10.0. The van der Waals surface area contributed by atoms with Crippen molar-refractivity contribution in [1.82, 2.24) is 14.5 Å². The Morgan fingerprint density at radius 2 is 2.18 bits per heavy atom. The summed E-state index contributed by atoms with van der Waals surface area (Å²) in [6.45, 7) is 1.16. The number of likely N-dealkylation sites (tertiary alicyclic amines) is 1. The number of fused-ring (bicyclic) bond motifs is 1. The zero-order valence-corrected chi connectivity index (χ0v) is 10.5. The second kappa shape index (κ2) is 4.42. The van der Waals surface area contributed by atoms with Crippen LogP contribution in [0.15, 0.2) is 6.20 Å². The number of hydrogen-bond acceptors (Lipinski definition) is 3. The fourth-order valence-electron chi connectivity index (χ4n) is 3.09. The Hall–Kier alpha value is -0.870. The number of aliphatic hydroxyl groups is 1.